The van der Waals surface area contributed by atoms with E-state index in [-0.39, 0.29) is 11.4 Å². The third kappa shape index (κ3) is 2.59. The number of hydrogen-bond donors (Lipinski definition) is 1. The number of carbonyl (C=O) groups excluding carboxylic acids is 1. The standard InChI is InChI=1S/C13H20O6/c1-6(7(2)14)8(15)9-10(16-5)11-12(17-9)19-13(3,4)18-11/h8-12,15H,1H2,2-5H3/t8?,9-,10-,11+,12+/m0/s1. The molecule has 2 heterocycles. The quantitative estimate of drug-likeness (QED) is 0.746. The summed E-state index contributed by atoms with van der Waals surface area (Å²) in [6.07, 6.45) is -3.42. The van der Waals surface area contributed by atoms with Crippen LogP contribution in [0.5, 0.6) is 0 Å². The van der Waals surface area contributed by atoms with Gasteiger partial charge in [-0.15, -0.1) is 0 Å². The van der Waals surface area contributed by atoms with Crippen LogP contribution < -0.4 is 0 Å². The van der Waals surface area contributed by atoms with Gasteiger partial charge >= 0.3 is 0 Å². The van der Waals surface area contributed by atoms with Gasteiger partial charge in [0.15, 0.2) is 17.9 Å². The van der Waals surface area contributed by atoms with Crippen LogP contribution in [-0.4, -0.2) is 54.5 Å². The Balaban J connectivity index is 2.13. The smallest absolute Gasteiger partial charge is 0.190 e. The van der Waals surface area contributed by atoms with Gasteiger partial charge in [0, 0.05) is 12.7 Å². The maximum absolute atomic E-state index is 11.3. The van der Waals surface area contributed by atoms with Crippen LogP contribution in [0.2, 0.25) is 0 Å². The summed E-state index contributed by atoms with van der Waals surface area (Å²) in [6.45, 7) is 8.48. The molecular weight excluding hydrogens is 252 g/mol. The molecule has 2 rings (SSSR count). The first kappa shape index (κ1) is 14.6. The van der Waals surface area contributed by atoms with Gasteiger partial charge < -0.3 is 24.1 Å². The molecule has 5 atom stereocenters. The van der Waals surface area contributed by atoms with E-state index in [0.717, 1.165) is 0 Å². The van der Waals surface area contributed by atoms with Crippen LogP contribution in [0.3, 0.4) is 0 Å². The highest BCUT2D eigenvalue weighted by molar-refractivity contribution is 5.93. The lowest BCUT2D eigenvalue weighted by Crippen LogP contribution is -2.43. The van der Waals surface area contributed by atoms with Gasteiger partial charge in [0.05, 0.1) is 0 Å². The molecule has 19 heavy (non-hydrogen) atoms. The molecule has 0 bridgehead atoms. The second-order valence-electron chi connectivity index (χ2n) is 5.30. The monoisotopic (exact) mass is 272 g/mol. The highest BCUT2D eigenvalue weighted by Gasteiger charge is 2.57. The predicted octanol–water partition coefficient (Wildman–Crippen LogP) is 0.384. The predicted molar refractivity (Wildman–Crippen MR) is 65.3 cm³/mol. The topological polar surface area (TPSA) is 74.2 Å². The zero-order valence-corrected chi connectivity index (χ0v) is 11.6. The van der Waals surface area contributed by atoms with E-state index in [1.54, 1.807) is 13.8 Å². The van der Waals surface area contributed by atoms with Gasteiger partial charge in [-0.25, -0.2) is 0 Å². The van der Waals surface area contributed by atoms with Crippen molar-refractivity contribution >= 4 is 5.78 Å². The van der Waals surface area contributed by atoms with Crippen molar-refractivity contribution in [2.75, 3.05) is 7.11 Å². The van der Waals surface area contributed by atoms with Crippen LogP contribution in [0.15, 0.2) is 12.2 Å². The highest BCUT2D eigenvalue weighted by atomic mass is 16.8. The normalized spacial score (nSPS) is 37.9. The average molecular weight is 272 g/mol. The molecule has 0 saturated carbocycles. The van der Waals surface area contributed by atoms with Crippen LogP contribution in [0, 0.1) is 0 Å². The van der Waals surface area contributed by atoms with Crippen molar-refractivity contribution < 1.29 is 28.8 Å². The Hall–Kier alpha value is -0.790. The van der Waals surface area contributed by atoms with E-state index >= 15 is 0 Å². The maximum Gasteiger partial charge on any atom is 0.190 e. The van der Waals surface area contributed by atoms with Crippen molar-refractivity contribution in [3.63, 3.8) is 0 Å². The summed E-state index contributed by atoms with van der Waals surface area (Å²) < 4.78 is 22.2. The zero-order chi connectivity index (χ0) is 14.4. The van der Waals surface area contributed by atoms with E-state index in [1.807, 2.05) is 0 Å². The summed E-state index contributed by atoms with van der Waals surface area (Å²) in [4.78, 5) is 11.3. The highest BCUT2D eigenvalue weighted by Crippen LogP contribution is 2.40. The van der Waals surface area contributed by atoms with Gasteiger partial charge in [0.2, 0.25) is 0 Å². The van der Waals surface area contributed by atoms with Gasteiger partial charge in [-0.2, -0.15) is 0 Å². The molecule has 2 aliphatic heterocycles. The van der Waals surface area contributed by atoms with E-state index in [4.69, 9.17) is 18.9 Å². The third-order valence-electron chi connectivity index (χ3n) is 3.42. The number of aliphatic hydroxyl groups is 1. The van der Waals surface area contributed by atoms with E-state index in [2.05, 4.69) is 6.58 Å². The number of carbonyl (C=O) groups is 1. The van der Waals surface area contributed by atoms with Crippen LogP contribution in [0.4, 0.5) is 0 Å². The van der Waals surface area contributed by atoms with Crippen molar-refractivity contribution in [1.29, 1.82) is 0 Å². The summed E-state index contributed by atoms with van der Waals surface area (Å²) in [5.41, 5.74) is 0.0892. The molecule has 2 fully saturated rings. The van der Waals surface area contributed by atoms with Crippen molar-refractivity contribution in [3.8, 4) is 0 Å². The molecule has 0 aliphatic carbocycles. The molecule has 0 radical (unpaired) electrons. The van der Waals surface area contributed by atoms with E-state index in [0.29, 0.717) is 0 Å². The first-order valence-electron chi connectivity index (χ1n) is 6.18. The van der Waals surface area contributed by atoms with Crippen molar-refractivity contribution in [2.24, 2.45) is 0 Å². The van der Waals surface area contributed by atoms with Crippen LogP contribution >= 0.6 is 0 Å². The first-order valence-corrected chi connectivity index (χ1v) is 6.18. The molecule has 2 saturated heterocycles. The Bertz CT molecular complexity index is 391. The molecule has 0 aromatic rings. The Morgan fingerprint density at radius 1 is 1.42 bits per heavy atom. The number of rotatable bonds is 4. The van der Waals surface area contributed by atoms with Crippen LogP contribution in [0.1, 0.15) is 20.8 Å². The van der Waals surface area contributed by atoms with E-state index in [1.165, 1.54) is 14.0 Å². The molecule has 0 aromatic carbocycles. The summed E-state index contributed by atoms with van der Waals surface area (Å²) in [5, 5.41) is 10.1. The lowest BCUT2D eigenvalue weighted by atomic mass is 9.98. The van der Waals surface area contributed by atoms with Crippen molar-refractivity contribution in [2.45, 2.75) is 57.3 Å². The van der Waals surface area contributed by atoms with E-state index < -0.39 is 36.5 Å². The van der Waals surface area contributed by atoms with E-state index in [9.17, 15) is 9.90 Å². The summed E-state index contributed by atoms with van der Waals surface area (Å²) in [5.74, 6) is -1.04. The van der Waals surface area contributed by atoms with Crippen molar-refractivity contribution in [1.82, 2.24) is 0 Å². The first-order chi connectivity index (χ1) is 8.76. The minimum atomic E-state index is -1.14. The average Bonchev–Trinajstić information content (AvgIpc) is 2.78. The number of methoxy groups -OCH3 is 1. The molecule has 0 amide bonds. The Morgan fingerprint density at radius 2 is 2.05 bits per heavy atom. The number of ether oxygens (including phenoxy) is 4. The Labute approximate surface area is 112 Å². The van der Waals surface area contributed by atoms with Gasteiger partial charge in [-0.1, -0.05) is 6.58 Å². The number of ketones is 1. The lowest BCUT2D eigenvalue weighted by molar-refractivity contribution is -0.225. The zero-order valence-electron chi connectivity index (χ0n) is 11.6. The largest absolute Gasteiger partial charge is 0.385 e. The molecule has 6 nitrogen and oxygen atoms in total. The fourth-order valence-corrected chi connectivity index (χ4v) is 2.43. The molecule has 6 heteroatoms. The number of hydrogen-bond acceptors (Lipinski definition) is 6. The fourth-order valence-electron chi connectivity index (χ4n) is 2.43. The SMILES string of the molecule is C=C(C(C)=O)C(O)[C@@H]1O[C@@H]2OC(C)(C)O[C@@H]2[C@H]1OC. The second kappa shape index (κ2) is 4.96. The van der Waals surface area contributed by atoms with Crippen LogP contribution in [-0.2, 0) is 23.7 Å². The number of fused-ring (bicyclic) bond motifs is 1. The number of aliphatic hydroxyl groups excluding tert-OH is 1. The van der Waals surface area contributed by atoms with Gasteiger partial charge in [0.25, 0.3) is 0 Å². The minimum absolute atomic E-state index is 0.0892. The van der Waals surface area contributed by atoms with Crippen LogP contribution in [0.25, 0.3) is 0 Å². The Kier molecular flexibility index (Phi) is 3.81. The van der Waals surface area contributed by atoms with Crippen molar-refractivity contribution in [3.05, 3.63) is 12.2 Å². The van der Waals surface area contributed by atoms with Gasteiger partial charge in [-0.3, -0.25) is 4.79 Å². The second-order valence-corrected chi connectivity index (χ2v) is 5.30. The maximum atomic E-state index is 11.3. The molecule has 108 valence electrons. The Morgan fingerprint density at radius 3 is 2.58 bits per heavy atom. The molecule has 1 unspecified atom stereocenters. The molecule has 0 aromatic heterocycles. The van der Waals surface area contributed by atoms with Gasteiger partial charge in [0.1, 0.15) is 24.4 Å². The molecule has 2 aliphatic rings. The minimum Gasteiger partial charge on any atom is -0.385 e. The number of Topliss-reactive ketones (excluding diaryl/α,β-unsaturated/α-hetero) is 1. The fraction of sp³-hybridized carbons (Fsp3) is 0.769. The van der Waals surface area contributed by atoms with Gasteiger partial charge in [-0.05, 0) is 20.8 Å². The molecular formula is C13H20O6. The lowest BCUT2D eigenvalue weighted by Gasteiger charge is -2.28. The summed E-state index contributed by atoms with van der Waals surface area (Å²) >= 11 is 0. The third-order valence-corrected chi connectivity index (χ3v) is 3.42. The molecule has 1 N–H and O–H groups in total. The molecule has 0 spiro atoms. The summed E-state index contributed by atoms with van der Waals surface area (Å²) in [6, 6.07) is 0. The summed E-state index contributed by atoms with van der Waals surface area (Å²) in [7, 11) is 1.50.